The van der Waals surface area contributed by atoms with E-state index in [9.17, 15) is 5.11 Å². The number of benzene rings is 1. The monoisotopic (exact) mass is 236 g/mol. The van der Waals surface area contributed by atoms with Crippen molar-refractivity contribution in [2.45, 2.75) is 18.8 Å². The molecule has 0 radical (unpaired) electrons. The molecule has 0 spiro atoms. The molecule has 1 aliphatic rings. The highest BCUT2D eigenvalue weighted by molar-refractivity contribution is 5.34. The molecule has 1 heterocycles. The minimum atomic E-state index is -0.00420. The molecule has 1 aromatic carbocycles. The molecule has 0 aromatic heterocycles. The Kier molecular flexibility index (Phi) is 3.69. The summed E-state index contributed by atoms with van der Waals surface area (Å²) in [6.07, 6.45) is 0.964. The number of aliphatic hydroxyl groups excluding tert-OH is 1. The first kappa shape index (κ1) is 12.4. The molecule has 3 nitrogen and oxygen atoms in total. The van der Waals surface area contributed by atoms with Crippen molar-refractivity contribution in [1.29, 1.82) is 0 Å². The summed E-state index contributed by atoms with van der Waals surface area (Å²) in [5, 5.41) is 9.51. The Balaban J connectivity index is 2.27. The molecule has 0 amide bonds. The lowest BCUT2D eigenvalue weighted by Crippen LogP contribution is -2.53. The zero-order valence-electron chi connectivity index (χ0n) is 10.5. The van der Waals surface area contributed by atoms with Crippen molar-refractivity contribution in [2.75, 3.05) is 26.9 Å². The van der Waals surface area contributed by atoms with Crippen LogP contribution in [0.15, 0.2) is 24.3 Å². The van der Waals surface area contributed by atoms with Gasteiger partial charge in [-0.15, -0.1) is 0 Å². The average Bonchev–Trinajstić information content (AvgIpc) is 2.34. The van der Waals surface area contributed by atoms with E-state index in [0.29, 0.717) is 13.2 Å². The number of hydrogen-bond donors (Lipinski definition) is 1. The van der Waals surface area contributed by atoms with Crippen molar-refractivity contribution in [2.24, 2.45) is 5.92 Å². The molecular formula is C14H20O3. The van der Waals surface area contributed by atoms with Gasteiger partial charge in [-0.3, -0.25) is 0 Å². The first-order chi connectivity index (χ1) is 8.26. The highest BCUT2D eigenvalue weighted by atomic mass is 16.5. The summed E-state index contributed by atoms with van der Waals surface area (Å²) in [4.78, 5) is 0. The van der Waals surface area contributed by atoms with Crippen molar-refractivity contribution in [1.82, 2.24) is 0 Å². The standard InChI is InChI=1S/C14H20O3/c1-3-11(8-15)14(9-17-10-14)12-4-6-13(16-2)7-5-12/h4-7,11,15H,3,8-10H2,1-2H3. The molecule has 1 aromatic rings. The van der Waals surface area contributed by atoms with Crippen LogP contribution in [0.3, 0.4) is 0 Å². The number of aliphatic hydroxyl groups is 1. The number of hydrogen-bond acceptors (Lipinski definition) is 3. The Hall–Kier alpha value is -1.06. The molecule has 0 bridgehead atoms. The molecule has 1 aliphatic heterocycles. The van der Waals surface area contributed by atoms with Gasteiger partial charge < -0.3 is 14.6 Å². The molecule has 1 N–H and O–H groups in total. The van der Waals surface area contributed by atoms with Crippen molar-refractivity contribution in [3.63, 3.8) is 0 Å². The summed E-state index contributed by atoms with van der Waals surface area (Å²) >= 11 is 0. The molecule has 94 valence electrons. The molecule has 1 saturated heterocycles. The second-order valence-corrected chi connectivity index (χ2v) is 4.67. The number of rotatable bonds is 5. The van der Waals surface area contributed by atoms with E-state index in [2.05, 4.69) is 19.1 Å². The molecule has 0 saturated carbocycles. The highest BCUT2D eigenvalue weighted by Crippen LogP contribution is 2.41. The molecule has 1 atom stereocenters. The largest absolute Gasteiger partial charge is 0.497 e. The maximum atomic E-state index is 9.51. The van der Waals surface area contributed by atoms with E-state index in [0.717, 1.165) is 12.2 Å². The van der Waals surface area contributed by atoms with Crippen molar-refractivity contribution in [3.05, 3.63) is 29.8 Å². The maximum Gasteiger partial charge on any atom is 0.118 e. The summed E-state index contributed by atoms with van der Waals surface area (Å²) in [5.41, 5.74) is 1.24. The Morgan fingerprint density at radius 1 is 1.35 bits per heavy atom. The summed E-state index contributed by atoms with van der Waals surface area (Å²) in [6.45, 7) is 3.74. The molecule has 1 fully saturated rings. The third kappa shape index (κ3) is 2.05. The summed E-state index contributed by atoms with van der Waals surface area (Å²) < 4.78 is 10.6. The lowest BCUT2D eigenvalue weighted by molar-refractivity contribution is -0.101. The van der Waals surface area contributed by atoms with Crippen LogP contribution in [0, 0.1) is 5.92 Å². The quantitative estimate of drug-likeness (QED) is 0.849. The van der Waals surface area contributed by atoms with E-state index in [1.165, 1.54) is 5.56 Å². The van der Waals surface area contributed by atoms with E-state index in [-0.39, 0.29) is 17.9 Å². The summed E-state index contributed by atoms with van der Waals surface area (Å²) in [6, 6.07) is 8.11. The second kappa shape index (κ2) is 5.07. The molecule has 2 rings (SSSR count). The van der Waals surface area contributed by atoms with Crippen LogP contribution in [0.2, 0.25) is 0 Å². The van der Waals surface area contributed by atoms with Gasteiger partial charge in [0, 0.05) is 12.0 Å². The van der Waals surface area contributed by atoms with Crippen molar-refractivity contribution >= 4 is 0 Å². The van der Waals surface area contributed by atoms with Gasteiger partial charge in [-0.05, 0) is 23.6 Å². The Morgan fingerprint density at radius 2 is 2.00 bits per heavy atom. The van der Waals surface area contributed by atoms with Gasteiger partial charge >= 0.3 is 0 Å². The Bertz CT molecular complexity index is 350. The van der Waals surface area contributed by atoms with Crippen LogP contribution in [0.4, 0.5) is 0 Å². The fraction of sp³-hybridized carbons (Fsp3) is 0.571. The van der Waals surface area contributed by atoms with E-state index in [4.69, 9.17) is 9.47 Å². The van der Waals surface area contributed by atoms with Crippen LogP contribution >= 0.6 is 0 Å². The zero-order chi connectivity index (χ0) is 12.3. The Labute approximate surface area is 102 Å². The normalized spacial score (nSPS) is 19.5. The second-order valence-electron chi connectivity index (χ2n) is 4.67. The molecule has 3 heteroatoms. The third-order valence-electron chi connectivity index (χ3n) is 3.88. The molecule has 0 aliphatic carbocycles. The molecular weight excluding hydrogens is 216 g/mol. The average molecular weight is 236 g/mol. The smallest absolute Gasteiger partial charge is 0.118 e. The van der Waals surface area contributed by atoms with Crippen LogP contribution in [-0.4, -0.2) is 32.0 Å². The predicted octanol–water partition coefficient (Wildman–Crippen LogP) is 1.98. The van der Waals surface area contributed by atoms with E-state index in [1.54, 1.807) is 7.11 Å². The maximum absolute atomic E-state index is 9.51. The van der Waals surface area contributed by atoms with Gasteiger partial charge in [-0.25, -0.2) is 0 Å². The third-order valence-corrected chi connectivity index (χ3v) is 3.88. The number of methoxy groups -OCH3 is 1. The minimum absolute atomic E-state index is 0.00420. The van der Waals surface area contributed by atoms with Gasteiger partial charge in [-0.2, -0.15) is 0 Å². The molecule has 1 unspecified atom stereocenters. The minimum Gasteiger partial charge on any atom is -0.497 e. The lowest BCUT2D eigenvalue weighted by Gasteiger charge is -2.47. The lowest BCUT2D eigenvalue weighted by atomic mass is 9.68. The fourth-order valence-electron chi connectivity index (χ4n) is 2.58. The summed E-state index contributed by atoms with van der Waals surface area (Å²) in [7, 11) is 1.67. The van der Waals surface area contributed by atoms with E-state index in [1.807, 2.05) is 12.1 Å². The highest BCUT2D eigenvalue weighted by Gasteiger charge is 2.45. The SMILES string of the molecule is CCC(CO)C1(c2ccc(OC)cc2)COC1. The van der Waals surface area contributed by atoms with Gasteiger partial charge in [0.15, 0.2) is 0 Å². The topological polar surface area (TPSA) is 38.7 Å². The van der Waals surface area contributed by atoms with Gasteiger partial charge in [0.1, 0.15) is 5.75 Å². The van der Waals surface area contributed by atoms with E-state index < -0.39 is 0 Å². The van der Waals surface area contributed by atoms with Crippen LogP contribution in [0.1, 0.15) is 18.9 Å². The van der Waals surface area contributed by atoms with Crippen molar-refractivity contribution in [3.8, 4) is 5.75 Å². The number of ether oxygens (including phenoxy) is 2. The van der Waals surface area contributed by atoms with E-state index >= 15 is 0 Å². The Morgan fingerprint density at radius 3 is 2.35 bits per heavy atom. The fourth-order valence-corrected chi connectivity index (χ4v) is 2.58. The summed E-state index contributed by atoms with van der Waals surface area (Å²) in [5.74, 6) is 1.13. The van der Waals surface area contributed by atoms with Gasteiger partial charge in [0.25, 0.3) is 0 Å². The van der Waals surface area contributed by atoms with Crippen LogP contribution in [-0.2, 0) is 10.2 Å². The van der Waals surface area contributed by atoms with Crippen molar-refractivity contribution < 1.29 is 14.6 Å². The van der Waals surface area contributed by atoms with Gasteiger partial charge in [0.05, 0.1) is 20.3 Å². The molecule has 17 heavy (non-hydrogen) atoms. The first-order valence-corrected chi connectivity index (χ1v) is 6.10. The predicted molar refractivity (Wildman–Crippen MR) is 66.4 cm³/mol. The van der Waals surface area contributed by atoms with Gasteiger partial charge in [0.2, 0.25) is 0 Å². The first-order valence-electron chi connectivity index (χ1n) is 6.10. The van der Waals surface area contributed by atoms with Gasteiger partial charge in [-0.1, -0.05) is 25.5 Å². The zero-order valence-corrected chi connectivity index (χ0v) is 10.5. The van der Waals surface area contributed by atoms with Crippen LogP contribution in [0.25, 0.3) is 0 Å². The van der Waals surface area contributed by atoms with Crippen LogP contribution in [0.5, 0.6) is 5.75 Å². The van der Waals surface area contributed by atoms with Crippen LogP contribution < -0.4 is 4.74 Å².